The zero-order valence-corrected chi connectivity index (χ0v) is 15.7. The molecule has 0 heterocycles. The van der Waals surface area contributed by atoms with Crippen LogP contribution in [0.4, 0.5) is 8.78 Å². The molecule has 2 aliphatic carbocycles. The lowest BCUT2D eigenvalue weighted by Gasteiger charge is -2.42. The van der Waals surface area contributed by atoms with Crippen molar-refractivity contribution in [2.45, 2.75) is 57.8 Å². The van der Waals surface area contributed by atoms with Gasteiger partial charge in [0.1, 0.15) is 11.6 Å². The Labute approximate surface area is 158 Å². The number of rotatable bonds is 3. The Morgan fingerprint density at radius 3 is 2.56 bits per heavy atom. The van der Waals surface area contributed by atoms with Crippen molar-refractivity contribution >= 4 is 16.7 Å². The number of hydrogen-bond donors (Lipinski definition) is 1. The number of fused-ring (bicyclic) bond motifs is 2. The number of halogens is 2. The average molecular weight is 372 g/mol. The van der Waals surface area contributed by atoms with Crippen LogP contribution in [0.5, 0.6) is 0 Å². The maximum absolute atomic E-state index is 14.7. The molecule has 4 heteroatoms. The van der Waals surface area contributed by atoms with E-state index in [-0.39, 0.29) is 5.39 Å². The second kappa shape index (κ2) is 7.21. The Bertz CT molecular complexity index is 876. The lowest BCUT2D eigenvalue weighted by Crippen LogP contribution is -2.30. The third-order valence-electron chi connectivity index (χ3n) is 7.03. The Kier molecular flexibility index (Phi) is 4.92. The van der Waals surface area contributed by atoms with E-state index in [1.807, 2.05) is 6.07 Å². The van der Waals surface area contributed by atoms with Crippen molar-refractivity contribution in [1.29, 1.82) is 0 Å². The number of carboxylic acid groups (broad SMARTS) is 1. The van der Waals surface area contributed by atoms with Crippen LogP contribution >= 0.6 is 0 Å². The SMILES string of the molecule is CCC1CCC2CC(c3cc(F)c4c(F)c(C(=O)O)ccc4c3)CCC2C1. The summed E-state index contributed by atoms with van der Waals surface area (Å²) in [4.78, 5) is 11.1. The predicted octanol–water partition coefficient (Wildman–Crippen LogP) is 6.53. The molecule has 2 saturated carbocycles. The highest BCUT2D eigenvalue weighted by Crippen LogP contribution is 2.48. The van der Waals surface area contributed by atoms with Crippen LogP contribution < -0.4 is 0 Å². The summed E-state index contributed by atoms with van der Waals surface area (Å²) in [6.45, 7) is 2.28. The second-order valence-electron chi connectivity index (χ2n) is 8.45. The van der Waals surface area contributed by atoms with Crippen LogP contribution in [0, 0.1) is 29.4 Å². The molecular formula is C23H26F2O2. The van der Waals surface area contributed by atoms with Crippen molar-refractivity contribution in [1.82, 2.24) is 0 Å². The van der Waals surface area contributed by atoms with Crippen LogP contribution in [0.3, 0.4) is 0 Å². The van der Waals surface area contributed by atoms with Gasteiger partial charge in [-0.3, -0.25) is 0 Å². The second-order valence-corrected chi connectivity index (χ2v) is 8.45. The molecule has 0 spiro atoms. The molecule has 2 aliphatic rings. The van der Waals surface area contributed by atoms with E-state index in [0.29, 0.717) is 11.3 Å². The lowest BCUT2D eigenvalue weighted by molar-refractivity contribution is 0.0692. The zero-order valence-electron chi connectivity index (χ0n) is 15.7. The summed E-state index contributed by atoms with van der Waals surface area (Å²) < 4.78 is 29.1. The van der Waals surface area contributed by atoms with Crippen LogP contribution in [0.25, 0.3) is 10.8 Å². The number of aromatic carboxylic acids is 1. The van der Waals surface area contributed by atoms with Crippen molar-refractivity contribution in [2.24, 2.45) is 17.8 Å². The summed E-state index contributed by atoms with van der Waals surface area (Å²) in [5, 5.41) is 9.29. The van der Waals surface area contributed by atoms with E-state index in [1.54, 1.807) is 0 Å². The highest BCUT2D eigenvalue weighted by atomic mass is 19.1. The molecule has 1 N–H and O–H groups in total. The first-order chi connectivity index (χ1) is 13.0. The van der Waals surface area contributed by atoms with Crippen LogP contribution in [0.2, 0.25) is 0 Å². The third-order valence-corrected chi connectivity index (χ3v) is 7.03. The largest absolute Gasteiger partial charge is 0.478 e. The topological polar surface area (TPSA) is 37.3 Å². The van der Waals surface area contributed by atoms with E-state index in [0.717, 1.165) is 36.2 Å². The van der Waals surface area contributed by atoms with Crippen molar-refractivity contribution in [3.05, 3.63) is 47.0 Å². The summed E-state index contributed by atoms with van der Waals surface area (Å²) in [5.41, 5.74) is 0.445. The van der Waals surface area contributed by atoms with Crippen LogP contribution in [-0.2, 0) is 0 Å². The molecule has 27 heavy (non-hydrogen) atoms. The van der Waals surface area contributed by atoms with Gasteiger partial charge in [0.25, 0.3) is 0 Å². The highest BCUT2D eigenvalue weighted by molar-refractivity contribution is 5.95. The van der Waals surface area contributed by atoms with E-state index >= 15 is 0 Å². The molecule has 4 atom stereocenters. The first-order valence-corrected chi connectivity index (χ1v) is 10.1. The van der Waals surface area contributed by atoms with Gasteiger partial charge in [-0.2, -0.15) is 0 Å². The molecule has 0 radical (unpaired) electrons. The molecule has 0 aromatic heterocycles. The normalized spacial score (nSPS) is 28.1. The number of hydrogen-bond acceptors (Lipinski definition) is 1. The van der Waals surface area contributed by atoms with Gasteiger partial charge >= 0.3 is 5.97 Å². The molecule has 0 bridgehead atoms. The number of carboxylic acids is 1. The average Bonchev–Trinajstić information content (AvgIpc) is 2.66. The molecule has 4 rings (SSSR count). The fraction of sp³-hybridized carbons (Fsp3) is 0.522. The standard InChI is InChI=1S/C23H26F2O2/c1-2-13-3-4-15-10-16(6-5-14(15)9-13)18-11-17-7-8-19(23(26)27)22(25)21(17)20(24)12-18/h7-8,11-16H,2-6,9-10H2,1H3,(H,26,27). The predicted molar refractivity (Wildman–Crippen MR) is 102 cm³/mol. The van der Waals surface area contributed by atoms with E-state index < -0.39 is 23.2 Å². The molecule has 0 saturated heterocycles. The Morgan fingerprint density at radius 1 is 1.07 bits per heavy atom. The van der Waals surface area contributed by atoms with E-state index in [4.69, 9.17) is 5.11 Å². The van der Waals surface area contributed by atoms with E-state index in [2.05, 4.69) is 6.92 Å². The van der Waals surface area contributed by atoms with Gasteiger partial charge in [0.2, 0.25) is 0 Å². The summed E-state index contributed by atoms with van der Waals surface area (Å²) in [5.74, 6) is -0.306. The van der Waals surface area contributed by atoms with Gasteiger partial charge in [0, 0.05) is 0 Å². The summed E-state index contributed by atoms with van der Waals surface area (Å²) in [7, 11) is 0. The molecule has 144 valence electrons. The minimum atomic E-state index is -1.38. The third kappa shape index (κ3) is 3.35. The van der Waals surface area contributed by atoms with E-state index in [9.17, 15) is 13.6 Å². The smallest absolute Gasteiger partial charge is 0.338 e. The van der Waals surface area contributed by atoms with Gasteiger partial charge in [-0.15, -0.1) is 0 Å². The van der Waals surface area contributed by atoms with Crippen LogP contribution in [-0.4, -0.2) is 11.1 Å². The molecule has 4 unspecified atom stereocenters. The quantitative estimate of drug-likeness (QED) is 0.665. The molecule has 0 aliphatic heterocycles. The van der Waals surface area contributed by atoms with Crippen molar-refractivity contribution in [3.8, 4) is 0 Å². The molecule has 0 amide bonds. The van der Waals surface area contributed by atoms with Crippen molar-refractivity contribution in [2.75, 3.05) is 0 Å². The molecular weight excluding hydrogens is 346 g/mol. The van der Waals surface area contributed by atoms with Crippen LogP contribution in [0.15, 0.2) is 24.3 Å². The monoisotopic (exact) mass is 372 g/mol. The Morgan fingerprint density at radius 2 is 1.81 bits per heavy atom. The summed E-state index contributed by atoms with van der Waals surface area (Å²) in [6, 6.07) is 6.04. The van der Waals surface area contributed by atoms with Gasteiger partial charge in [-0.05, 0) is 78.9 Å². The number of benzene rings is 2. The van der Waals surface area contributed by atoms with Gasteiger partial charge in [-0.25, -0.2) is 13.6 Å². The lowest BCUT2D eigenvalue weighted by atomic mass is 9.63. The van der Waals surface area contributed by atoms with Gasteiger partial charge in [0.15, 0.2) is 0 Å². The Hall–Kier alpha value is -1.97. The fourth-order valence-corrected chi connectivity index (χ4v) is 5.45. The zero-order chi connectivity index (χ0) is 19.1. The van der Waals surface area contributed by atoms with Crippen LogP contribution in [0.1, 0.15) is 73.7 Å². The molecule has 2 nitrogen and oxygen atoms in total. The maximum atomic E-state index is 14.7. The summed E-state index contributed by atoms with van der Waals surface area (Å²) in [6.07, 6.45) is 8.51. The minimum Gasteiger partial charge on any atom is -0.478 e. The van der Waals surface area contributed by atoms with Crippen molar-refractivity contribution in [3.63, 3.8) is 0 Å². The molecule has 2 aromatic carbocycles. The van der Waals surface area contributed by atoms with E-state index in [1.165, 1.54) is 50.3 Å². The van der Waals surface area contributed by atoms with Gasteiger partial charge < -0.3 is 5.11 Å². The minimum absolute atomic E-state index is 0.212. The van der Waals surface area contributed by atoms with Gasteiger partial charge in [-0.1, -0.05) is 31.9 Å². The first kappa shape index (κ1) is 18.4. The van der Waals surface area contributed by atoms with Gasteiger partial charge in [0.05, 0.1) is 10.9 Å². The summed E-state index contributed by atoms with van der Waals surface area (Å²) >= 11 is 0. The van der Waals surface area contributed by atoms with Crippen molar-refractivity contribution < 1.29 is 18.7 Å². The molecule has 2 fully saturated rings. The maximum Gasteiger partial charge on any atom is 0.338 e. The fourth-order valence-electron chi connectivity index (χ4n) is 5.45. The first-order valence-electron chi connectivity index (χ1n) is 10.1. The number of carbonyl (C=O) groups is 1. The Balaban J connectivity index is 1.62. The highest BCUT2D eigenvalue weighted by Gasteiger charge is 2.35. The molecule has 2 aromatic rings.